The molecule has 18 nitrogen and oxygen atoms in total. The summed E-state index contributed by atoms with van der Waals surface area (Å²) in [5.74, 6) is 0. The number of nitrogens with one attached hydrogen (secondary N) is 2. The number of aliphatic hydroxyl groups excluding tert-OH is 1. The SMILES string of the molecule is O=c1[nH]c(=O)n(C2CC(O)C(COP(=O)(O)Cc3cn(C4CCC(COP(=O)(O)O)O4)c(=O)[nH]c3=O)O2)cc1Br. The number of H-pyrrole nitrogens is 2. The maximum atomic E-state index is 12.8. The van der Waals surface area contributed by atoms with Crippen molar-refractivity contribution in [2.45, 2.75) is 56.2 Å². The Labute approximate surface area is 231 Å². The third-order valence-corrected chi connectivity index (χ3v) is 8.46. The minimum absolute atomic E-state index is 0.0457. The number of phosphoric acid groups is 1. The van der Waals surface area contributed by atoms with Gasteiger partial charge in [-0.1, -0.05) is 0 Å². The second kappa shape index (κ2) is 12.1. The standard InChI is InChI=1S/C19H25BrN4O14P2/c20-11-5-24(19(29)22-17(11)27)15-3-12(25)13(38-15)7-35-39(30,31)8-9-4-23(18(28)21-16(9)26)14-2-1-10(37-14)6-36-40(32,33)34/h4-5,10,12-15,25H,1-3,6-8H2,(H,30,31)(H,21,26,28)(H,22,27,29)(H2,32,33,34). The minimum Gasteiger partial charge on any atom is -0.390 e. The number of hydrogen-bond donors (Lipinski definition) is 6. The lowest BCUT2D eigenvalue weighted by Crippen LogP contribution is -2.34. The van der Waals surface area contributed by atoms with Crippen LogP contribution in [0.3, 0.4) is 0 Å². The third kappa shape index (κ3) is 7.63. The molecule has 6 N–H and O–H groups in total. The Morgan fingerprint density at radius 3 is 2.25 bits per heavy atom. The molecule has 6 unspecified atom stereocenters. The number of phosphoric ester groups is 1. The molecule has 40 heavy (non-hydrogen) atoms. The zero-order chi connectivity index (χ0) is 29.4. The molecule has 222 valence electrons. The van der Waals surface area contributed by atoms with Crippen LogP contribution in [-0.4, -0.2) is 70.4 Å². The fraction of sp³-hybridized carbons (Fsp3) is 0.579. The normalized spacial score (nSPS) is 26.7. The van der Waals surface area contributed by atoms with Gasteiger partial charge in [0, 0.05) is 24.4 Å². The highest BCUT2D eigenvalue weighted by molar-refractivity contribution is 9.10. The van der Waals surface area contributed by atoms with Gasteiger partial charge in [0.1, 0.15) is 18.6 Å². The summed E-state index contributed by atoms with van der Waals surface area (Å²) < 4.78 is 46.4. The summed E-state index contributed by atoms with van der Waals surface area (Å²) in [6, 6.07) is 0. The molecule has 0 bridgehead atoms. The number of aliphatic hydroxyl groups is 1. The van der Waals surface area contributed by atoms with Crippen LogP contribution >= 0.6 is 31.3 Å². The number of hydrogen-bond acceptors (Lipinski definition) is 11. The molecule has 2 fully saturated rings. The van der Waals surface area contributed by atoms with Gasteiger partial charge < -0.3 is 33.8 Å². The van der Waals surface area contributed by atoms with Crippen molar-refractivity contribution in [3.63, 3.8) is 0 Å². The van der Waals surface area contributed by atoms with E-state index < -0.39 is 88.1 Å². The number of aromatic nitrogens is 4. The van der Waals surface area contributed by atoms with E-state index in [1.165, 1.54) is 6.20 Å². The summed E-state index contributed by atoms with van der Waals surface area (Å²) >= 11 is 2.99. The largest absolute Gasteiger partial charge is 0.469 e. The predicted molar refractivity (Wildman–Crippen MR) is 136 cm³/mol. The predicted octanol–water partition coefficient (Wildman–Crippen LogP) is -1.01. The molecule has 4 heterocycles. The molecule has 2 aromatic heterocycles. The molecule has 6 atom stereocenters. The molecule has 2 aliphatic heterocycles. The molecule has 2 aromatic rings. The minimum atomic E-state index is -4.72. The van der Waals surface area contributed by atoms with Crippen LogP contribution in [0, 0.1) is 0 Å². The van der Waals surface area contributed by atoms with Crippen LogP contribution in [0.15, 0.2) is 36.0 Å². The molecular formula is C19H25BrN4O14P2. The van der Waals surface area contributed by atoms with E-state index in [1.54, 1.807) is 0 Å². The Hall–Kier alpha value is -2.02. The summed E-state index contributed by atoms with van der Waals surface area (Å²) in [6.45, 7) is -1.02. The highest BCUT2D eigenvalue weighted by Crippen LogP contribution is 2.46. The molecule has 0 spiro atoms. The number of rotatable bonds is 10. The highest BCUT2D eigenvalue weighted by atomic mass is 79.9. The van der Waals surface area contributed by atoms with Crippen molar-refractivity contribution < 1.29 is 47.4 Å². The van der Waals surface area contributed by atoms with Crippen molar-refractivity contribution in [1.29, 1.82) is 0 Å². The molecule has 4 rings (SSSR count). The lowest BCUT2D eigenvalue weighted by Gasteiger charge is -2.19. The van der Waals surface area contributed by atoms with E-state index in [-0.39, 0.29) is 29.3 Å². The van der Waals surface area contributed by atoms with E-state index in [4.69, 9.17) is 23.8 Å². The topological polar surface area (TPSA) is 262 Å². The van der Waals surface area contributed by atoms with Gasteiger partial charge in [-0.25, -0.2) is 14.2 Å². The number of halogens is 1. The summed E-state index contributed by atoms with van der Waals surface area (Å²) in [7, 11) is -9.27. The number of aromatic amines is 2. The van der Waals surface area contributed by atoms with E-state index in [9.17, 15) is 38.3 Å². The van der Waals surface area contributed by atoms with Gasteiger partial charge in [-0.2, -0.15) is 0 Å². The average Bonchev–Trinajstić information content (AvgIpc) is 3.46. The van der Waals surface area contributed by atoms with E-state index in [2.05, 4.69) is 25.4 Å². The first-order valence-corrected chi connectivity index (χ1v) is 15.7. The van der Waals surface area contributed by atoms with Gasteiger partial charge >= 0.3 is 26.8 Å². The van der Waals surface area contributed by atoms with Crippen LogP contribution in [0.2, 0.25) is 0 Å². The molecular weight excluding hydrogens is 650 g/mol. The van der Waals surface area contributed by atoms with Crippen LogP contribution < -0.4 is 22.5 Å². The van der Waals surface area contributed by atoms with Crippen LogP contribution in [0.4, 0.5) is 0 Å². The molecule has 0 aromatic carbocycles. The summed E-state index contributed by atoms with van der Waals surface area (Å²) in [5.41, 5.74) is -3.56. The maximum Gasteiger partial charge on any atom is 0.469 e. The fourth-order valence-corrected chi connectivity index (χ4v) is 6.02. The number of nitrogens with zero attached hydrogens (tertiary/aromatic N) is 2. The lowest BCUT2D eigenvalue weighted by atomic mass is 10.2. The van der Waals surface area contributed by atoms with E-state index >= 15 is 0 Å². The fourth-order valence-electron chi connectivity index (χ4n) is 4.21. The maximum absolute atomic E-state index is 12.8. The Morgan fingerprint density at radius 2 is 1.57 bits per heavy atom. The molecule has 0 aliphatic carbocycles. The summed E-state index contributed by atoms with van der Waals surface area (Å²) in [4.78, 5) is 80.4. The van der Waals surface area contributed by atoms with Crippen LogP contribution in [-0.2, 0) is 33.8 Å². The first-order valence-electron chi connectivity index (χ1n) is 11.6. The zero-order valence-electron chi connectivity index (χ0n) is 20.3. The average molecular weight is 675 g/mol. The van der Waals surface area contributed by atoms with Crippen LogP contribution in [0.5, 0.6) is 0 Å². The van der Waals surface area contributed by atoms with Gasteiger partial charge in [0.05, 0.1) is 36.1 Å². The van der Waals surface area contributed by atoms with Crippen LogP contribution in [0.1, 0.15) is 37.3 Å². The molecule has 0 saturated carbocycles. The van der Waals surface area contributed by atoms with Gasteiger partial charge in [-0.3, -0.25) is 37.8 Å². The van der Waals surface area contributed by atoms with E-state index in [1.807, 2.05) is 4.98 Å². The number of ether oxygens (including phenoxy) is 2. The highest BCUT2D eigenvalue weighted by Gasteiger charge is 2.38. The van der Waals surface area contributed by atoms with Crippen molar-refractivity contribution in [2.24, 2.45) is 0 Å². The third-order valence-electron chi connectivity index (χ3n) is 6.11. The van der Waals surface area contributed by atoms with Gasteiger partial charge in [0.15, 0.2) is 0 Å². The zero-order valence-corrected chi connectivity index (χ0v) is 23.7. The van der Waals surface area contributed by atoms with Gasteiger partial charge in [-0.05, 0) is 28.8 Å². The van der Waals surface area contributed by atoms with Gasteiger partial charge in [-0.15, -0.1) is 0 Å². The first-order chi connectivity index (χ1) is 18.6. The monoisotopic (exact) mass is 674 g/mol. The Bertz CT molecular complexity index is 1580. The molecule has 2 saturated heterocycles. The van der Waals surface area contributed by atoms with E-state index in [0.717, 1.165) is 15.3 Å². The molecule has 2 aliphatic rings. The van der Waals surface area contributed by atoms with E-state index in [0.29, 0.717) is 0 Å². The Morgan fingerprint density at radius 1 is 0.925 bits per heavy atom. The first kappa shape index (κ1) is 30.9. The van der Waals surface area contributed by atoms with Crippen molar-refractivity contribution in [3.8, 4) is 0 Å². The van der Waals surface area contributed by atoms with Crippen molar-refractivity contribution in [1.82, 2.24) is 19.1 Å². The van der Waals surface area contributed by atoms with Crippen molar-refractivity contribution >= 4 is 31.3 Å². The smallest absolute Gasteiger partial charge is 0.390 e. The molecule has 0 amide bonds. The van der Waals surface area contributed by atoms with Crippen LogP contribution in [0.25, 0.3) is 0 Å². The summed E-state index contributed by atoms with van der Waals surface area (Å²) in [5, 5.41) is 10.3. The quantitative estimate of drug-likeness (QED) is 0.165. The van der Waals surface area contributed by atoms with Crippen molar-refractivity contribution in [3.05, 3.63) is 64.1 Å². The molecule has 0 radical (unpaired) electrons. The molecule has 21 heteroatoms. The second-order valence-corrected chi connectivity index (χ2v) is 13.0. The lowest BCUT2D eigenvalue weighted by molar-refractivity contribution is -0.0425. The van der Waals surface area contributed by atoms with Gasteiger partial charge in [0.25, 0.3) is 11.1 Å². The second-order valence-electron chi connectivity index (χ2n) is 9.06. The summed E-state index contributed by atoms with van der Waals surface area (Å²) in [6.07, 6.45) is -3.22. The Kier molecular flexibility index (Phi) is 9.33. The van der Waals surface area contributed by atoms with Gasteiger partial charge in [0.2, 0.25) is 0 Å². The Balaban J connectivity index is 1.40. The van der Waals surface area contributed by atoms with Crippen molar-refractivity contribution in [2.75, 3.05) is 13.2 Å².